The lowest BCUT2D eigenvalue weighted by Gasteiger charge is -2.41. The molecular formula is C34H45F3N6O7. The highest BCUT2D eigenvalue weighted by Crippen LogP contribution is 2.35. The van der Waals surface area contributed by atoms with E-state index in [9.17, 15) is 43.2 Å². The van der Waals surface area contributed by atoms with Crippen LogP contribution in [-0.2, 0) is 22.2 Å². The maximum Gasteiger partial charge on any atom is 0.451 e. The number of amides is 1. The van der Waals surface area contributed by atoms with Gasteiger partial charge < -0.3 is 40.6 Å². The number of hydrogen-bond acceptors (Lipinski definition) is 12. The third-order valence-electron chi connectivity index (χ3n) is 9.42. The standard InChI is InChI=1S/C34H45F3N6O7/c35-34(36,37)33-40-28(18-29(41-33)43-17-13-25(43)32(50)39-14-10-22-4-6-23(19-38)7-5-22)42-15-11-21(12-16-42)2-1-3-24(45)8-9-26(46)30(48)31(49)27(47)20-44/h4-7,18,21,25-27,30-31,44,46-49H,1-3,8-17,20H2,(H,39,50)/t25-,26+,27-,30-,31-/m0/s1. The summed E-state index contributed by atoms with van der Waals surface area (Å²) < 4.78 is 41.6. The van der Waals surface area contributed by atoms with Crippen LogP contribution in [0.3, 0.4) is 0 Å². The van der Waals surface area contributed by atoms with Gasteiger partial charge in [0.2, 0.25) is 11.7 Å². The number of rotatable bonds is 17. The topological polar surface area (TPSA) is 203 Å². The van der Waals surface area contributed by atoms with Crippen LogP contribution in [0.5, 0.6) is 0 Å². The predicted octanol–water partition coefficient (Wildman–Crippen LogP) is 1.48. The zero-order valence-electron chi connectivity index (χ0n) is 27.7. The number of nitrogens with zero attached hydrogens (tertiary/aromatic N) is 5. The third kappa shape index (κ3) is 10.6. The van der Waals surface area contributed by atoms with Crippen molar-refractivity contribution in [3.63, 3.8) is 0 Å². The Labute approximate surface area is 288 Å². The molecule has 0 spiro atoms. The van der Waals surface area contributed by atoms with Gasteiger partial charge in [0.1, 0.15) is 41.8 Å². The molecule has 0 radical (unpaired) electrons. The molecule has 1 aromatic carbocycles. The normalized spacial score (nSPS) is 19.2. The number of nitrogens with one attached hydrogen (secondary N) is 1. The lowest BCUT2D eigenvalue weighted by Crippen LogP contribution is -2.57. The van der Waals surface area contributed by atoms with E-state index in [0.29, 0.717) is 63.8 Å². The summed E-state index contributed by atoms with van der Waals surface area (Å²) in [5.74, 6) is -1.28. The zero-order chi connectivity index (χ0) is 36.4. The van der Waals surface area contributed by atoms with E-state index in [1.54, 1.807) is 34.1 Å². The fourth-order valence-electron chi connectivity index (χ4n) is 6.19. The second kappa shape index (κ2) is 17.9. The molecule has 1 aromatic heterocycles. The molecule has 0 saturated carbocycles. The van der Waals surface area contributed by atoms with Crippen LogP contribution in [0.1, 0.15) is 68.3 Å². The molecule has 6 N–H and O–H groups in total. The maximum atomic E-state index is 13.9. The Morgan fingerprint density at radius 2 is 1.62 bits per heavy atom. The van der Waals surface area contributed by atoms with Crippen molar-refractivity contribution in [2.75, 3.05) is 42.6 Å². The van der Waals surface area contributed by atoms with E-state index in [4.69, 9.17) is 10.4 Å². The minimum atomic E-state index is -4.78. The Morgan fingerprint density at radius 3 is 2.22 bits per heavy atom. The summed E-state index contributed by atoms with van der Waals surface area (Å²) in [6, 6.07) is 9.88. The first-order valence-electron chi connectivity index (χ1n) is 16.9. The molecule has 0 unspecified atom stereocenters. The largest absolute Gasteiger partial charge is 0.451 e. The van der Waals surface area contributed by atoms with Crippen LogP contribution in [0, 0.1) is 17.2 Å². The van der Waals surface area contributed by atoms with E-state index in [0.717, 1.165) is 12.0 Å². The number of aliphatic hydroxyl groups excluding tert-OH is 5. The maximum absolute atomic E-state index is 13.9. The van der Waals surface area contributed by atoms with Crippen molar-refractivity contribution in [2.24, 2.45) is 5.92 Å². The molecule has 274 valence electrons. The van der Waals surface area contributed by atoms with Gasteiger partial charge in [-0.1, -0.05) is 12.1 Å². The Hall–Kier alpha value is -3.88. The first kappa shape index (κ1) is 38.9. The molecule has 16 heteroatoms. The van der Waals surface area contributed by atoms with Crippen molar-refractivity contribution in [1.82, 2.24) is 15.3 Å². The summed E-state index contributed by atoms with van der Waals surface area (Å²) in [5.41, 5.74) is 1.47. The lowest BCUT2D eigenvalue weighted by molar-refractivity contribution is -0.144. The Morgan fingerprint density at radius 1 is 0.960 bits per heavy atom. The van der Waals surface area contributed by atoms with Gasteiger partial charge in [0.05, 0.1) is 24.3 Å². The number of nitriles is 1. The molecule has 0 aliphatic carbocycles. The summed E-state index contributed by atoms with van der Waals surface area (Å²) in [5, 5.41) is 59.7. The molecule has 2 saturated heterocycles. The average molecular weight is 707 g/mol. The van der Waals surface area contributed by atoms with Crippen LogP contribution in [0.4, 0.5) is 24.8 Å². The minimum absolute atomic E-state index is 0.0334. The predicted molar refractivity (Wildman–Crippen MR) is 175 cm³/mol. The summed E-state index contributed by atoms with van der Waals surface area (Å²) in [4.78, 5) is 36.2. The molecule has 2 fully saturated rings. The summed E-state index contributed by atoms with van der Waals surface area (Å²) >= 11 is 0. The third-order valence-corrected chi connectivity index (χ3v) is 9.42. The monoisotopic (exact) mass is 706 g/mol. The van der Waals surface area contributed by atoms with E-state index in [-0.39, 0.29) is 48.5 Å². The first-order chi connectivity index (χ1) is 23.8. The quantitative estimate of drug-likeness (QED) is 0.139. The number of Topliss-reactive ketones (excluding diaryl/α,β-unsaturated/α-hetero) is 1. The number of piperidine rings is 1. The molecule has 3 heterocycles. The van der Waals surface area contributed by atoms with E-state index in [2.05, 4.69) is 15.3 Å². The van der Waals surface area contributed by atoms with Gasteiger partial charge in [-0.15, -0.1) is 0 Å². The number of halogens is 3. The number of carbonyl (C=O) groups excluding carboxylic acids is 2. The van der Waals surface area contributed by atoms with Gasteiger partial charge >= 0.3 is 6.18 Å². The Kier molecular flexibility index (Phi) is 13.9. The SMILES string of the molecule is N#Cc1ccc(CCNC(=O)[C@@H]2CCN2c2cc(N3CCC(CCCC(=O)CC[C@@H](O)[C@H](O)[C@@H](O)[C@@H](O)CO)CC3)nc(C(F)(F)F)n2)cc1. The number of aromatic nitrogens is 2. The van der Waals surface area contributed by atoms with E-state index in [1.165, 1.54) is 6.07 Å². The molecule has 4 rings (SSSR count). The Balaban J connectivity index is 1.25. The van der Waals surface area contributed by atoms with Gasteiger partial charge in [-0.3, -0.25) is 9.59 Å². The molecule has 13 nitrogen and oxygen atoms in total. The van der Waals surface area contributed by atoms with Crippen molar-refractivity contribution < 1.29 is 48.3 Å². The lowest BCUT2D eigenvalue weighted by atomic mass is 9.90. The van der Waals surface area contributed by atoms with Crippen LogP contribution in [0.2, 0.25) is 0 Å². The number of benzene rings is 1. The van der Waals surface area contributed by atoms with Crippen molar-refractivity contribution in [2.45, 2.75) is 94.4 Å². The molecule has 2 aromatic rings. The summed E-state index contributed by atoms with van der Waals surface area (Å²) in [6.45, 7) is 0.824. The highest BCUT2D eigenvalue weighted by Gasteiger charge is 2.40. The van der Waals surface area contributed by atoms with Crippen molar-refractivity contribution in [3.8, 4) is 6.07 Å². The van der Waals surface area contributed by atoms with E-state index in [1.807, 2.05) is 6.07 Å². The molecule has 1 amide bonds. The molecule has 2 aliphatic rings. The molecule has 5 atom stereocenters. The van der Waals surface area contributed by atoms with Crippen LogP contribution < -0.4 is 15.1 Å². The number of anilines is 2. The van der Waals surface area contributed by atoms with Gasteiger partial charge in [0, 0.05) is 45.1 Å². The second-order valence-corrected chi connectivity index (χ2v) is 13.0. The molecule has 50 heavy (non-hydrogen) atoms. The van der Waals surface area contributed by atoms with Crippen LogP contribution >= 0.6 is 0 Å². The van der Waals surface area contributed by atoms with Gasteiger partial charge in [-0.25, -0.2) is 9.97 Å². The van der Waals surface area contributed by atoms with Crippen LogP contribution in [0.25, 0.3) is 0 Å². The Bertz CT molecular complexity index is 1470. The molecule has 2 aliphatic heterocycles. The molecule has 0 bridgehead atoms. The van der Waals surface area contributed by atoms with E-state index < -0.39 is 49.1 Å². The van der Waals surface area contributed by atoms with Crippen LogP contribution in [-0.4, -0.2) is 110 Å². The van der Waals surface area contributed by atoms with Crippen LogP contribution in [0.15, 0.2) is 30.3 Å². The fraction of sp³-hybridized carbons (Fsp3) is 0.618. The molecular weight excluding hydrogens is 661 g/mol. The van der Waals surface area contributed by atoms with Gasteiger partial charge in [-0.2, -0.15) is 18.4 Å². The highest BCUT2D eigenvalue weighted by atomic mass is 19.4. The number of alkyl halides is 3. The number of carbonyl (C=O) groups is 2. The summed E-state index contributed by atoms with van der Waals surface area (Å²) in [6.07, 6.45) is -7.54. The highest BCUT2D eigenvalue weighted by molar-refractivity contribution is 5.86. The number of hydrogen-bond donors (Lipinski definition) is 6. The van der Waals surface area contributed by atoms with Gasteiger partial charge in [-0.05, 0) is 68.6 Å². The number of ketones is 1. The fourth-order valence-corrected chi connectivity index (χ4v) is 6.19. The van der Waals surface area contributed by atoms with Crippen molar-refractivity contribution in [3.05, 3.63) is 47.3 Å². The first-order valence-corrected chi connectivity index (χ1v) is 16.9. The second-order valence-electron chi connectivity index (χ2n) is 13.0. The average Bonchev–Trinajstić information content (AvgIpc) is 3.09. The van der Waals surface area contributed by atoms with E-state index >= 15 is 0 Å². The van der Waals surface area contributed by atoms with Gasteiger partial charge in [0.25, 0.3) is 0 Å². The van der Waals surface area contributed by atoms with Crippen molar-refractivity contribution in [1.29, 1.82) is 5.26 Å². The van der Waals surface area contributed by atoms with Crippen molar-refractivity contribution >= 4 is 23.3 Å². The smallest absolute Gasteiger partial charge is 0.394 e. The summed E-state index contributed by atoms with van der Waals surface area (Å²) in [7, 11) is 0. The number of aliphatic hydroxyl groups is 5. The minimum Gasteiger partial charge on any atom is -0.394 e. The van der Waals surface area contributed by atoms with Gasteiger partial charge in [0.15, 0.2) is 0 Å². The zero-order valence-corrected chi connectivity index (χ0v) is 27.7.